The zero-order chi connectivity index (χ0) is 15.2. The number of hydrogen-bond donors (Lipinski definition) is 1. The van der Waals surface area contributed by atoms with Crippen LogP contribution in [-0.2, 0) is 4.79 Å². The minimum absolute atomic E-state index is 0.0114. The molecule has 0 aromatic heterocycles. The van der Waals surface area contributed by atoms with Crippen LogP contribution in [-0.4, -0.2) is 5.91 Å². The van der Waals surface area contributed by atoms with Crippen molar-refractivity contribution in [3.8, 4) is 6.07 Å². The number of amides is 1. The van der Waals surface area contributed by atoms with Gasteiger partial charge in [0, 0.05) is 11.6 Å². The van der Waals surface area contributed by atoms with Gasteiger partial charge in [0.15, 0.2) is 0 Å². The molecule has 2 aromatic carbocycles. The molecule has 0 aliphatic heterocycles. The van der Waals surface area contributed by atoms with E-state index in [4.69, 9.17) is 0 Å². The van der Waals surface area contributed by atoms with Gasteiger partial charge in [-0.2, -0.15) is 5.26 Å². The summed E-state index contributed by atoms with van der Waals surface area (Å²) in [7, 11) is 0. The number of carbonyl (C=O) groups excluding carboxylic acids is 1. The maximum atomic E-state index is 11.6. The summed E-state index contributed by atoms with van der Waals surface area (Å²) >= 11 is 0. The predicted molar refractivity (Wildman–Crippen MR) is 83.8 cm³/mol. The van der Waals surface area contributed by atoms with Gasteiger partial charge >= 0.3 is 0 Å². The highest BCUT2D eigenvalue weighted by atomic mass is 16.1. The molecule has 0 radical (unpaired) electrons. The molecule has 0 bridgehead atoms. The second-order valence-electron chi connectivity index (χ2n) is 5.24. The topological polar surface area (TPSA) is 52.9 Å². The fraction of sp³-hybridized carbons (Fsp3) is 0.222. The van der Waals surface area contributed by atoms with Crippen molar-refractivity contribution in [2.45, 2.75) is 19.8 Å². The second kappa shape index (κ2) is 6.71. The molecular formula is C18H18N2O. The van der Waals surface area contributed by atoms with Crippen LogP contribution in [0.25, 0.3) is 0 Å². The minimum Gasteiger partial charge on any atom is -0.326 e. The van der Waals surface area contributed by atoms with Crippen molar-refractivity contribution in [3.05, 3.63) is 65.7 Å². The van der Waals surface area contributed by atoms with Crippen molar-refractivity contribution in [1.82, 2.24) is 0 Å². The van der Waals surface area contributed by atoms with E-state index in [1.807, 2.05) is 68.4 Å². The van der Waals surface area contributed by atoms with Crippen molar-refractivity contribution >= 4 is 11.6 Å². The lowest BCUT2D eigenvalue weighted by atomic mass is 9.92. The molecule has 0 aliphatic rings. The summed E-state index contributed by atoms with van der Waals surface area (Å²) in [6.45, 7) is 3.70. The van der Waals surface area contributed by atoms with Crippen molar-refractivity contribution in [2.75, 3.05) is 5.32 Å². The monoisotopic (exact) mass is 278 g/mol. The van der Waals surface area contributed by atoms with Gasteiger partial charge in [-0.05, 0) is 23.3 Å². The predicted octanol–water partition coefficient (Wildman–Crippen LogP) is 3.94. The first kappa shape index (κ1) is 14.8. The van der Waals surface area contributed by atoms with Gasteiger partial charge in [-0.1, -0.05) is 56.3 Å². The number of nitrogens with zero attached hydrogens (tertiary/aromatic N) is 1. The highest BCUT2D eigenvalue weighted by Gasteiger charge is 2.13. The molecule has 1 atom stereocenters. The summed E-state index contributed by atoms with van der Waals surface area (Å²) < 4.78 is 0. The third kappa shape index (κ3) is 3.70. The minimum atomic E-state index is -0.291. The van der Waals surface area contributed by atoms with E-state index in [-0.39, 0.29) is 17.7 Å². The fourth-order valence-electron chi connectivity index (χ4n) is 2.03. The van der Waals surface area contributed by atoms with E-state index < -0.39 is 0 Å². The molecule has 0 saturated carbocycles. The van der Waals surface area contributed by atoms with Crippen LogP contribution in [0.15, 0.2) is 54.6 Å². The maximum Gasteiger partial charge on any atom is 0.226 e. The first-order chi connectivity index (χ1) is 10.1. The number of hydrogen-bond acceptors (Lipinski definition) is 2. The molecule has 0 aliphatic carbocycles. The first-order valence-corrected chi connectivity index (χ1v) is 6.97. The Kier molecular flexibility index (Phi) is 4.73. The molecule has 106 valence electrons. The van der Waals surface area contributed by atoms with E-state index in [1.54, 1.807) is 0 Å². The zero-order valence-electron chi connectivity index (χ0n) is 12.2. The van der Waals surface area contributed by atoms with E-state index in [1.165, 1.54) is 0 Å². The molecule has 1 N–H and O–H groups in total. The molecule has 0 fully saturated rings. The van der Waals surface area contributed by atoms with Gasteiger partial charge in [-0.3, -0.25) is 4.79 Å². The normalized spacial score (nSPS) is 11.7. The molecule has 0 unspecified atom stereocenters. The lowest BCUT2D eigenvalue weighted by molar-refractivity contribution is -0.118. The Bertz CT molecular complexity index is 639. The number of rotatable bonds is 4. The van der Waals surface area contributed by atoms with Crippen LogP contribution in [0, 0.1) is 17.2 Å². The molecule has 3 nitrogen and oxygen atoms in total. The van der Waals surface area contributed by atoms with E-state index in [2.05, 4.69) is 11.4 Å². The largest absolute Gasteiger partial charge is 0.326 e. The van der Waals surface area contributed by atoms with Crippen molar-refractivity contribution < 1.29 is 4.79 Å². The summed E-state index contributed by atoms with van der Waals surface area (Å²) in [4.78, 5) is 11.6. The van der Waals surface area contributed by atoms with Gasteiger partial charge in [0.1, 0.15) is 0 Å². The van der Waals surface area contributed by atoms with Crippen molar-refractivity contribution in [3.63, 3.8) is 0 Å². The van der Waals surface area contributed by atoms with E-state index in [0.717, 1.165) is 16.8 Å². The SMILES string of the molecule is CC(C)C(=O)Nc1ccc([C@@H](C#N)c2ccccc2)cc1. The van der Waals surface area contributed by atoms with Crippen LogP contribution < -0.4 is 5.32 Å². The number of nitrogens with one attached hydrogen (secondary N) is 1. The number of carbonyl (C=O) groups is 1. The fourth-order valence-corrected chi connectivity index (χ4v) is 2.03. The average molecular weight is 278 g/mol. The van der Waals surface area contributed by atoms with Crippen LogP contribution in [0.2, 0.25) is 0 Å². The molecule has 3 heteroatoms. The Hall–Kier alpha value is -2.60. The lowest BCUT2D eigenvalue weighted by Gasteiger charge is -2.12. The Morgan fingerprint density at radius 3 is 2.10 bits per heavy atom. The summed E-state index contributed by atoms with van der Waals surface area (Å²) in [6.07, 6.45) is 0. The molecule has 2 rings (SSSR count). The molecule has 2 aromatic rings. The molecule has 0 spiro atoms. The standard InChI is InChI=1S/C18H18N2O/c1-13(2)18(21)20-16-10-8-15(9-11-16)17(12-19)14-6-4-3-5-7-14/h3-11,13,17H,1-2H3,(H,20,21)/t17-/m0/s1. The van der Waals surface area contributed by atoms with Gasteiger partial charge in [-0.15, -0.1) is 0 Å². The molecule has 0 saturated heterocycles. The third-order valence-electron chi connectivity index (χ3n) is 3.30. The average Bonchev–Trinajstić information content (AvgIpc) is 2.50. The van der Waals surface area contributed by atoms with Crippen LogP contribution >= 0.6 is 0 Å². The Balaban J connectivity index is 2.18. The van der Waals surface area contributed by atoms with Crippen LogP contribution in [0.3, 0.4) is 0 Å². The van der Waals surface area contributed by atoms with Gasteiger partial charge in [-0.25, -0.2) is 0 Å². The number of nitriles is 1. The smallest absolute Gasteiger partial charge is 0.226 e. The highest BCUT2D eigenvalue weighted by molar-refractivity contribution is 5.92. The summed E-state index contributed by atoms with van der Waals surface area (Å²) in [5.74, 6) is -0.357. The van der Waals surface area contributed by atoms with Gasteiger partial charge in [0.25, 0.3) is 0 Å². The van der Waals surface area contributed by atoms with E-state index in [9.17, 15) is 10.1 Å². The Labute approximate surface area is 125 Å². The molecule has 1 amide bonds. The summed E-state index contributed by atoms with van der Waals surface area (Å²) in [6, 6.07) is 19.5. The first-order valence-electron chi connectivity index (χ1n) is 6.97. The lowest BCUT2D eigenvalue weighted by Crippen LogP contribution is -2.17. The van der Waals surface area contributed by atoms with Gasteiger partial charge in [0.05, 0.1) is 12.0 Å². The quantitative estimate of drug-likeness (QED) is 0.921. The highest BCUT2D eigenvalue weighted by Crippen LogP contribution is 2.25. The Morgan fingerprint density at radius 2 is 1.57 bits per heavy atom. The molecule has 0 heterocycles. The number of benzene rings is 2. The van der Waals surface area contributed by atoms with Crippen LogP contribution in [0.1, 0.15) is 30.9 Å². The Morgan fingerprint density at radius 1 is 1.00 bits per heavy atom. The molecule has 21 heavy (non-hydrogen) atoms. The second-order valence-corrected chi connectivity index (χ2v) is 5.24. The van der Waals surface area contributed by atoms with E-state index in [0.29, 0.717) is 0 Å². The molecular weight excluding hydrogens is 260 g/mol. The maximum absolute atomic E-state index is 11.6. The van der Waals surface area contributed by atoms with Gasteiger partial charge < -0.3 is 5.32 Å². The third-order valence-corrected chi connectivity index (χ3v) is 3.30. The summed E-state index contributed by atoms with van der Waals surface area (Å²) in [5.41, 5.74) is 2.65. The van der Waals surface area contributed by atoms with Crippen LogP contribution in [0.4, 0.5) is 5.69 Å². The van der Waals surface area contributed by atoms with Crippen molar-refractivity contribution in [2.24, 2.45) is 5.92 Å². The van der Waals surface area contributed by atoms with Crippen LogP contribution in [0.5, 0.6) is 0 Å². The van der Waals surface area contributed by atoms with E-state index >= 15 is 0 Å². The van der Waals surface area contributed by atoms with Crippen molar-refractivity contribution in [1.29, 1.82) is 5.26 Å². The zero-order valence-corrected chi connectivity index (χ0v) is 12.2. The summed E-state index contributed by atoms with van der Waals surface area (Å²) in [5, 5.41) is 12.2. The van der Waals surface area contributed by atoms with Gasteiger partial charge in [0.2, 0.25) is 5.91 Å². The number of anilines is 1.